The Labute approximate surface area is 144 Å². The van der Waals surface area contributed by atoms with Gasteiger partial charge in [-0.05, 0) is 30.4 Å². The predicted octanol–water partition coefficient (Wildman–Crippen LogP) is 6.01. The molecule has 1 aliphatic heterocycles. The lowest BCUT2D eigenvalue weighted by molar-refractivity contribution is 0.578. The van der Waals surface area contributed by atoms with Gasteiger partial charge < -0.3 is 4.90 Å². The van der Waals surface area contributed by atoms with E-state index < -0.39 is 0 Å². The first-order valence-electron chi connectivity index (χ1n) is 8.92. The first-order valence-corrected chi connectivity index (χ1v) is 8.92. The molecule has 1 saturated heterocycles. The van der Waals surface area contributed by atoms with E-state index in [1.165, 1.54) is 47.2 Å². The summed E-state index contributed by atoms with van der Waals surface area (Å²) in [5, 5.41) is 0. The molecule has 3 aromatic carbocycles. The number of anilines is 1. The fourth-order valence-corrected chi connectivity index (χ4v) is 3.70. The summed E-state index contributed by atoms with van der Waals surface area (Å²) in [4.78, 5) is 2.59. The fourth-order valence-electron chi connectivity index (χ4n) is 3.70. The van der Waals surface area contributed by atoms with Gasteiger partial charge in [-0.25, -0.2) is 0 Å². The molecule has 120 valence electrons. The molecule has 24 heavy (non-hydrogen) atoms. The molecule has 1 heterocycles. The van der Waals surface area contributed by atoms with Gasteiger partial charge in [0.15, 0.2) is 0 Å². The van der Waals surface area contributed by atoms with Crippen molar-refractivity contribution in [3.8, 4) is 22.3 Å². The van der Waals surface area contributed by atoms with Crippen LogP contribution in [0.15, 0.2) is 78.9 Å². The topological polar surface area (TPSA) is 3.24 Å². The maximum atomic E-state index is 2.59. The zero-order chi connectivity index (χ0) is 16.2. The Morgan fingerprint density at radius 2 is 1.00 bits per heavy atom. The van der Waals surface area contributed by atoms with Crippen LogP contribution in [0.1, 0.15) is 19.3 Å². The second kappa shape index (κ2) is 6.92. The number of piperidine rings is 1. The highest BCUT2D eigenvalue weighted by Crippen LogP contribution is 2.40. The Morgan fingerprint density at radius 1 is 0.500 bits per heavy atom. The summed E-state index contributed by atoms with van der Waals surface area (Å²) in [5.74, 6) is 0. The molecule has 1 heteroatoms. The van der Waals surface area contributed by atoms with Crippen molar-refractivity contribution >= 4 is 5.69 Å². The third-order valence-electron chi connectivity index (χ3n) is 4.88. The molecule has 0 aliphatic carbocycles. The number of rotatable bonds is 3. The van der Waals surface area contributed by atoms with Crippen LogP contribution in [0, 0.1) is 0 Å². The lowest BCUT2D eigenvalue weighted by Crippen LogP contribution is -2.30. The minimum absolute atomic E-state index is 1.16. The van der Waals surface area contributed by atoms with E-state index in [-0.39, 0.29) is 0 Å². The summed E-state index contributed by atoms with van der Waals surface area (Å²) >= 11 is 0. The normalized spacial score (nSPS) is 14.6. The molecule has 0 spiro atoms. The summed E-state index contributed by atoms with van der Waals surface area (Å²) < 4.78 is 0. The summed E-state index contributed by atoms with van der Waals surface area (Å²) in [6, 6.07) is 28.3. The maximum Gasteiger partial charge on any atom is 0.0525 e. The summed E-state index contributed by atoms with van der Waals surface area (Å²) in [6.45, 7) is 2.31. The smallest absolute Gasteiger partial charge is 0.0525 e. The number of nitrogens with zero attached hydrogens (tertiary/aromatic N) is 1. The Bertz CT molecular complexity index is 729. The van der Waals surface area contributed by atoms with Crippen molar-refractivity contribution in [2.75, 3.05) is 18.0 Å². The predicted molar refractivity (Wildman–Crippen MR) is 103 cm³/mol. The Kier molecular flexibility index (Phi) is 4.33. The molecule has 0 atom stereocenters. The van der Waals surface area contributed by atoms with E-state index in [0.29, 0.717) is 0 Å². The van der Waals surface area contributed by atoms with Crippen LogP contribution in [-0.2, 0) is 0 Å². The Morgan fingerprint density at radius 3 is 1.50 bits per heavy atom. The first-order chi connectivity index (χ1) is 11.9. The molecule has 3 aromatic rings. The van der Waals surface area contributed by atoms with Gasteiger partial charge in [0.05, 0.1) is 5.69 Å². The molecule has 0 amide bonds. The molecule has 0 unspecified atom stereocenters. The van der Waals surface area contributed by atoms with E-state index in [4.69, 9.17) is 0 Å². The molecule has 4 rings (SSSR count). The minimum Gasteiger partial charge on any atom is -0.371 e. The van der Waals surface area contributed by atoms with Crippen molar-refractivity contribution < 1.29 is 0 Å². The van der Waals surface area contributed by atoms with E-state index in [0.717, 1.165) is 13.1 Å². The first kappa shape index (κ1) is 15.0. The number of para-hydroxylation sites is 1. The van der Waals surface area contributed by atoms with Gasteiger partial charge in [0, 0.05) is 24.2 Å². The SMILES string of the molecule is c1ccc(-c2cccc(-c3ccccc3)c2N2CCCCC2)cc1. The van der Waals surface area contributed by atoms with E-state index in [9.17, 15) is 0 Å². The van der Waals surface area contributed by atoms with Gasteiger partial charge in [0.2, 0.25) is 0 Å². The summed E-state index contributed by atoms with van der Waals surface area (Å²) in [5.41, 5.74) is 6.69. The number of hydrogen-bond donors (Lipinski definition) is 0. The van der Waals surface area contributed by atoms with Crippen LogP contribution in [-0.4, -0.2) is 13.1 Å². The van der Waals surface area contributed by atoms with Crippen LogP contribution in [0.5, 0.6) is 0 Å². The maximum absolute atomic E-state index is 2.59. The Balaban J connectivity index is 1.90. The van der Waals surface area contributed by atoms with Gasteiger partial charge >= 0.3 is 0 Å². The van der Waals surface area contributed by atoms with Gasteiger partial charge in [-0.1, -0.05) is 78.9 Å². The van der Waals surface area contributed by atoms with Gasteiger partial charge in [-0.3, -0.25) is 0 Å². The summed E-state index contributed by atoms with van der Waals surface area (Å²) in [6.07, 6.45) is 3.93. The minimum atomic E-state index is 1.16. The molecule has 1 fully saturated rings. The molecule has 0 aromatic heterocycles. The van der Waals surface area contributed by atoms with Crippen LogP contribution in [0.3, 0.4) is 0 Å². The van der Waals surface area contributed by atoms with Crippen molar-refractivity contribution in [1.82, 2.24) is 0 Å². The largest absolute Gasteiger partial charge is 0.371 e. The Hall–Kier alpha value is -2.54. The number of hydrogen-bond acceptors (Lipinski definition) is 1. The molecule has 1 nitrogen and oxygen atoms in total. The third-order valence-corrected chi connectivity index (χ3v) is 4.88. The molecule has 0 saturated carbocycles. The summed E-state index contributed by atoms with van der Waals surface area (Å²) in [7, 11) is 0. The standard InChI is InChI=1S/C23H23N/c1-4-11-19(12-5-1)21-15-10-16-22(20-13-6-2-7-14-20)23(21)24-17-8-3-9-18-24/h1-2,4-7,10-16H,3,8-9,17-18H2. The average molecular weight is 313 g/mol. The van der Waals surface area contributed by atoms with Crippen molar-refractivity contribution in [3.05, 3.63) is 78.9 Å². The van der Waals surface area contributed by atoms with Gasteiger partial charge in [0.1, 0.15) is 0 Å². The van der Waals surface area contributed by atoms with Gasteiger partial charge in [0.25, 0.3) is 0 Å². The van der Waals surface area contributed by atoms with Gasteiger partial charge in [-0.2, -0.15) is 0 Å². The lowest BCUT2D eigenvalue weighted by atomic mass is 9.94. The van der Waals surface area contributed by atoms with Crippen molar-refractivity contribution in [2.24, 2.45) is 0 Å². The van der Waals surface area contributed by atoms with Crippen molar-refractivity contribution in [3.63, 3.8) is 0 Å². The molecular formula is C23H23N. The quantitative estimate of drug-likeness (QED) is 0.572. The zero-order valence-corrected chi connectivity index (χ0v) is 14.0. The van der Waals surface area contributed by atoms with Crippen LogP contribution in [0.4, 0.5) is 5.69 Å². The molecular weight excluding hydrogens is 290 g/mol. The zero-order valence-electron chi connectivity index (χ0n) is 14.0. The highest BCUT2D eigenvalue weighted by atomic mass is 15.1. The average Bonchev–Trinajstić information content (AvgIpc) is 2.69. The molecule has 0 bridgehead atoms. The second-order valence-electron chi connectivity index (χ2n) is 6.48. The van der Waals surface area contributed by atoms with E-state index in [1.54, 1.807) is 0 Å². The van der Waals surface area contributed by atoms with Gasteiger partial charge in [-0.15, -0.1) is 0 Å². The van der Waals surface area contributed by atoms with Crippen LogP contribution < -0.4 is 4.90 Å². The highest BCUT2D eigenvalue weighted by Gasteiger charge is 2.19. The number of benzene rings is 3. The van der Waals surface area contributed by atoms with E-state index in [2.05, 4.69) is 83.8 Å². The van der Waals surface area contributed by atoms with Crippen molar-refractivity contribution in [2.45, 2.75) is 19.3 Å². The fraction of sp³-hybridized carbons (Fsp3) is 0.217. The molecule has 0 N–H and O–H groups in total. The molecule has 1 aliphatic rings. The molecule has 0 radical (unpaired) electrons. The monoisotopic (exact) mass is 313 g/mol. The van der Waals surface area contributed by atoms with E-state index in [1.807, 2.05) is 0 Å². The van der Waals surface area contributed by atoms with Crippen LogP contribution in [0.25, 0.3) is 22.3 Å². The van der Waals surface area contributed by atoms with Crippen LogP contribution >= 0.6 is 0 Å². The third kappa shape index (κ3) is 2.94. The highest BCUT2D eigenvalue weighted by molar-refractivity contribution is 5.91. The van der Waals surface area contributed by atoms with Crippen LogP contribution in [0.2, 0.25) is 0 Å². The lowest BCUT2D eigenvalue weighted by Gasteiger charge is -2.33. The van der Waals surface area contributed by atoms with Crippen molar-refractivity contribution in [1.29, 1.82) is 0 Å². The van der Waals surface area contributed by atoms with E-state index >= 15 is 0 Å². The second-order valence-corrected chi connectivity index (χ2v) is 6.48.